The summed E-state index contributed by atoms with van der Waals surface area (Å²) in [4.78, 5) is 10.9. The number of nitrogens with one attached hydrogen (secondary N) is 1. The normalized spacial score (nSPS) is 12.6. The molecule has 2 aromatic rings. The number of sulfonamides is 1. The lowest BCUT2D eigenvalue weighted by molar-refractivity contribution is -0.137. The number of hydrogen-bond donors (Lipinski definition) is 2. The van der Waals surface area contributed by atoms with Crippen LogP contribution in [0.1, 0.15) is 18.0 Å². The molecule has 0 heterocycles. The van der Waals surface area contributed by atoms with Crippen LogP contribution in [0.4, 0.5) is 4.39 Å². The second-order valence-corrected chi connectivity index (χ2v) is 7.24. The van der Waals surface area contributed by atoms with Crippen LogP contribution in [0.15, 0.2) is 47.4 Å². The molecule has 0 aliphatic carbocycles. The summed E-state index contributed by atoms with van der Waals surface area (Å²) in [5, 5.41) is 9.24. The molecule has 2 N–H and O–H groups in total. The molecule has 1 atom stereocenters. The first kappa shape index (κ1) is 19.2. The topological polar surface area (TPSA) is 92.7 Å². The number of rotatable bonds is 7. The third-order valence-electron chi connectivity index (χ3n) is 3.36. The minimum atomic E-state index is -4.15. The van der Waals surface area contributed by atoms with Gasteiger partial charge in [-0.1, -0.05) is 23.7 Å². The fourth-order valence-corrected chi connectivity index (χ4v) is 3.86. The van der Waals surface area contributed by atoms with E-state index in [1.807, 2.05) is 0 Å². The van der Waals surface area contributed by atoms with Gasteiger partial charge in [-0.15, -0.1) is 0 Å². The summed E-state index contributed by atoms with van der Waals surface area (Å²) < 4.78 is 45.8. The SMILES string of the molecule is COc1ccc(Cl)cc1S(=O)(=O)NC(CC(=O)O)c1ccc(F)cc1. The van der Waals surface area contributed by atoms with Crippen LogP contribution in [0.5, 0.6) is 5.75 Å². The largest absolute Gasteiger partial charge is 0.495 e. The number of hydrogen-bond acceptors (Lipinski definition) is 4. The standard InChI is InChI=1S/C16H15ClFNO5S/c1-24-14-7-4-11(17)8-15(14)25(22,23)19-13(9-16(20)21)10-2-5-12(18)6-3-10/h2-8,13,19H,9H2,1H3,(H,20,21). The van der Waals surface area contributed by atoms with Crippen LogP contribution >= 0.6 is 11.6 Å². The molecule has 0 aliphatic heterocycles. The van der Waals surface area contributed by atoms with Crippen molar-refractivity contribution in [1.29, 1.82) is 0 Å². The van der Waals surface area contributed by atoms with Gasteiger partial charge in [-0.05, 0) is 35.9 Å². The number of benzene rings is 2. The minimum Gasteiger partial charge on any atom is -0.495 e. The van der Waals surface area contributed by atoms with Gasteiger partial charge in [-0.3, -0.25) is 4.79 Å². The van der Waals surface area contributed by atoms with Crippen LogP contribution < -0.4 is 9.46 Å². The Morgan fingerprint density at radius 1 is 1.28 bits per heavy atom. The molecule has 0 saturated heterocycles. The first-order chi connectivity index (χ1) is 11.7. The van der Waals surface area contributed by atoms with E-state index in [0.29, 0.717) is 5.56 Å². The average Bonchev–Trinajstić information content (AvgIpc) is 2.54. The highest BCUT2D eigenvalue weighted by Crippen LogP contribution is 2.29. The highest BCUT2D eigenvalue weighted by molar-refractivity contribution is 7.89. The highest BCUT2D eigenvalue weighted by Gasteiger charge is 2.26. The van der Waals surface area contributed by atoms with Crippen LogP contribution in [0, 0.1) is 5.82 Å². The Hall–Kier alpha value is -2.16. The highest BCUT2D eigenvalue weighted by atomic mass is 35.5. The summed E-state index contributed by atoms with van der Waals surface area (Å²) in [5.41, 5.74) is 0.313. The van der Waals surface area contributed by atoms with Gasteiger partial charge >= 0.3 is 5.97 Å². The van der Waals surface area contributed by atoms with E-state index in [-0.39, 0.29) is 15.7 Å². The van der Waals surface area contributed by atoms with Crippen molar-refractivity contribution in [3.63, 3.8) is 0 Å². The fraction of sp³-hybridized carbons (Fsp3) is 0.188. The molecule has 9 heteroatoms. The van der Waals surface area contributed by atoms with Gasteiger partial charge in [0.05, 0.1) is 19.6 Å². The molecule has 6 nitrogen and oxygen atoms in total. The monoisotopic (exact) mass is 387 g/mol. The molecule has 0 bridgehead atoms. The molecule has 0 radical (unpaired) electrons. The van der Waals surface area contributed by atoms with Gasteiger partial charge in [-0.25, -0.2) is 17.5 Å². The third-order valence-corrected chi connectivity index (χ3v) is 5.09. The van der Waals surface area contributed by atoms with E-state index >= 15 is 0 Å². The Labute approximate surface area is 149 Å². The van der Waals surface area contributed by atoms with Gasteiger partial charge in [0.15, 0.2) is 0 Å². The Kier molecular flexibility index (Phi) is 5.99. The second-order valence-electron chi connectivity index (χ2n) is 5.12. The van der Waals surface area contributed by atoms with E-state index in [2.05, 4.69) is 4.72 Å². The molecule has 134 valence electrons. The maximum atomic E-state index is 13.1. The van der Waals surface area contributed by atoms with Crippen molar-refractivity contribution < 1.29 is 27.4 Å². The third kappa shape index (κ3) is 4.91. The van der Waals surface area contributed by atoms with Crippen molar-refractivity contribution in [2.45, 2.75) is 17.4 Å². The molecule has 25 heavy (non-hydrogen) atoms. The van der Waals surface area contributed by atoms with Gasteiger partial charge in [-0.2, -0.15) is 0 Å². The summed E-state index contributed by atoms with van der Waals surface area (Å²) >= 11 is 5.85. The average molecular weight is 388 g/mol. The lowest BCUT2D eigenvalue weighted by Gasteiger charge is -2.19. The number of ether oxygens (including phenoxy) is 1. The van der Waals surface area contributed by atoms with Crippen molar-refractivity contribution in [1.82, 2.24) is 4.72 Å². The van der Waals surface area contributed by atoms with Gasteiger partial charge in [0.2, 0.25) is 10.0 Å². The Morgan fingerprint density at radius 2 is 1.92 bits per heavy atom. The fourth-order valence-electron chi connectivity index (χ4n) is 2.21. The summed E-state index contributed by atoms with van der Waals surface area (Å²) in [6, 6.07) is 7.85. The molecular formula is C16H15ClFNO5S. The molecule has 2 aromatic carbocycles. The molecule has 0 fully saturated rings. The van der Waals surface area contributed by atoms with Crippen LogP contribution in [-0.4, -0.2) is 26.6 Å². The maximum absolute atomic E-state index is 13.1. The summed E-state index contributed by atoms with van der Waals surface area (Å²) in [7, 11) is -2.84. The zero-order valence-electron chi connectivity index (χ0n) is 13.1. The van der Waals surface area contributed by atoms with Crippen LogP contribution in [0.25, 0.3) is 0 Å². The Balaban J connectivity index is 2.42. The maximum Gasteiger partial charge on any atom is 0.305 e. The minimum absolute atomic E-state index is 0.0603. The lowest BCUT2D eigenvalue weighted by Crippen LogP contribution is -2.30. The van der Waals surface area contributed by atoms with Crippen molar-refractivity contribution in [2.75, 3.05) is 7.11 Å². The number of carboxylic acids is 1. The molecule has 0 aliphatic rings. The quantitative estimate of drug-likeness (QED) is 0.761. The lowest BCUT2D eigenvalue weighted by atomic mass is 10.1. The summed E-state index contributed by atoms with van der Waals surface area (Å²) in [5.74, 6) is -1.67. The number of halogens is 2. The number of carbonyl (C=O) groups is 1. The first-order valence-electron chi connectivity index (χ1n) is 7.06. The van der Waals surface area contributed by atoms with Crippen molar-refractivity contribution >= 4 is 27.6 Å². The van der Waals surface area contributed by atoms with E-state index in [1.165, 1.54) is 37.4 Å². The molecule has 2 rings (SSSR count). The van der Waals surface area contributed by atoms with E-state index < -0.39 is 34.3 Å². The second kappa shape index (κ2) is 7.81. The molecule has 0 amide bonds. The Bertz CT molecular complexity index is 871. The number of carboxylic acid groups (broad SMARTS) is 1. The van der Waals surface area contributed by atoms with Crippen molar-refractivity contribution in [2.24, 2.45) is 0 Å². The number of methoxy groups -OCH3 is 1. The zero-order chi connectivity index (χ0) is 18.6. The van der Waals surface area contributed by atoms with E-state index in [1.54, 1.807) is 0 Å². The molecule has 0 aromatic heterocycles. The van der Waals surface area contributed by atoms with Gasteiger partial charge in [0.25, 0.3) is 0 Å². The molecule has 0 spiro atoms. The summed E-state index contributed by atoms with van der Waals surface area (Å²) in [6.45, 7) is 0. The Morgan fingerprint density at radius 3 is 2.48 bits per heavy atom. The van der Waals surface area contributed by atoms with Gasteiger partial charge < -0.3 is 9.84 Å². The summed E-state index contributed by atoms with van der Waals surface area (Å²) in [6.07, 6.45) is -0.520. The van der Waals surface area contributed by atoms with Crippen molar-refractivity contribution in [3.05, 3.63) is 58.9 Å². The molecule has 1 unspecified atom stereocenters. The van der Waals surface area contributed by atoms with Crippen LogP contribution in [0.2, 0.25) is 5.02 Å². The van der Waals surface area contributed by atoms with Crippen LogP contribution in [0.3, 0.4) is 0 Å². The number of aliphatic carboxylic acids is 1. The van der Waals surface area contributed by atoms with Gasteiger partial charge in [0.1, 0.15) is 16.5 Å². The van der Waals surface area contributed by atoms with E-state index in [9.17, 15) is 17.6 Å². The van der Waals surface area contributed by atoms with E-state index in [4.69, 9.17) is 21.4 Å². The predicted octanol–water partition coefficient (Wildman–Crippen LogP) is 2.98. The molecule has 0 saturated carbocycles. The first-order valence-corrected chi connectivity index (χ1v) is 8.92. The predicted molar refractivity (Wildman–Crippen MR) is 89.7 cm³/mol. The molecular weight excluding hydrogens is 373 g/mol. The smallest absolute Gasteiger partial charge is 0.305 e. The van der Waals surface area contributed by atoms with Crippen molar-refractivity contribution in [3.8, 4) is 5.75 Å². The van der Waals surface area contributed by atoms with Crippen LogP contribution in [-0.2, 0) is 14.8 Å². The van der Waals surface area contributed by atoms with E-state index in [0.717, 1.165) is 12.1 Å². The van der Waals surface area contributed by atoms with Gasteiger partial charge in [0, 0.05) is 5.02 Å². The zero-order valence-corrected chi connectivity index (χ0v) is 14.6.